The van der Waals surface area contributed by atoms with Crippen LogP contribution in [-0.4, -0.2) is 34.2 Å². The summed E-state index contributed by atoms with van der Waals surface area (Å²) in [4.78, 5) is 55.1. The molecule has 0 aliphatic carbocycles. The first-order valence-electron chi connectivity index (χ1n) is 10.7. The molecule has 0 bridgehead atoms. The van der Waals surface area contributed by atoms with Gasteiger partial charge in [-0.15, -0.1) is 0 Å². The molecule has 0 saturated carbocycles. The standard InChI is InChI=1S/C26H14ClFN2O6/c27-13-7-5-12(6-8-13)21(31)20-22(32)24(34)30-17-3-1-2-4-18(17)36-25(35)26(20,30)19-15-11-14(28)9-10-16(15)29-23(19)33/h1-11,19,31H,(H,29,33)/b21-20-. The molecule has 8 nitrogen and oxygen atoms in total. The molecular weight excluding hydrogens is 491 g/mol. The van der Waals surface area contributed by atoms with Gasteiger partial charge in [0.25, 0.3) is 5.78 Å². The number of amides is 2. The van der Waals surface area contributed by atoms with E-state index in [2.05, 4.69) is 5.32 Å². The average molecular weight is 505 g/mol. The van der Waals surface area contributed by atoms with Crippen LogP contribution in [0.15, 0.2) is 72.3 Å². The van der Waals surface area contributed by atoms with E-state index in [1.807, 2.05) is 0 Å². The number of benzene rings is 3. The van der Waals surface area contributed by atoms with Crippen LogP contribution in [0.5, 0.6) is 5.75 Å². The molecule has 3 aromatic rings. The summed E-state index contributed by atoms with van der Waals surface area (Å²) in [5, 5.41) is 14.3. The van der Waals surface area contributed by atoms with Crippen LogP contribution in [0.1, 0.15) is 17.0 Å². The van der Waals surface area contributed by atoms with Crippen LogP contribution in [0.2, 0.25) is 5.02 Å². The Morgan fingerprint density at radius 2 is 1.75 bits per heavy atom. The maximum atomic E-state index is 14.3. The second-order valence-corrected chi connectivity index (χ2v) is 8.91. The highest BCUT2D eigenvalue weighted by Gasteiger charge is 2.71. The first-order chi connectivity index (χ1) is 17.2. The van der Waals surface area contributed by atoms with Crippen LogP contribution in [-0.2, 0) is 19.2 Å². The maximum absolute atomic E-state index is 14.3. The zero-order valence-corrected chi connectivity index (χ0v) is 18.9. The van der Waals surface area contributed by atoms with Crippen molar-refractivity contribution in [1.29, 1.82) is 0 Å². The number of fused-ring (bicyclic) bond motifs is 4. The molecule has 3 heterocycles. The number of halogens is 2. The van der Waals surface area contributed by atoms with Gasteiger partial charge in [-0.05, 0) is 60.2 Å². The largest absolute Gasteiger partial charge is 0.507 e. The van der Waals surface area contributed by atoms with Crippen molar-refractivity contribution in [2.75, 3.05) is 10.2 Å². The zero-order valence-electron chi connectivity index (χ0n) is 18.1. The lowest BCUT2D eigenvalue weighted by atomic mass is 9.73. The molecular formula is C26H14ClFN2O6. The molecule has 0 aromatic heterocycles. The van der Waals surface area contributed by atoms with Crippen LogP contribution < -0.4 is 15.0 Å². The molecule has 2 atom stereocenters. The maximum Gasteiger partial charge on any atom is 0.344 e. The van der Waals surface area contributed by atoms with E-state index < -0.39 is 52.2 Å². The summed E-state index contributed by atoms with van der Waals surface area (Å²) in [5.41, 5.74) is -2.75. The Morgan fingerprint density at radius 1 is 1.03 bits per heavy atom. The SMILES string of the molecule is O=C1C(=O)N2c3ccccc3OC(=O)C2(C2C(=O)Nc3ccc(F)cc32)/C1=C(\O)c1ccc(Cl)cc1. The lowest BCUT2D eigenvalue weighted by molar-refractivity contribution is -0.143. The second kappa shape index (κ2) is 7.50. The van der Waals surface area contributed by atoms with Crippen molar-refractivity contribution >= 4 is 52.3 Å². The van der Waals surface area contributed by atoms with E-state index in [1.165, 1.54) is 42.5 Å². The van der Waals surface area contributed by atoms with Gasteiger partial charge in [0, 0.05) is 16.3 Å². The first kappa shape index (κ1) is 22.0. The summed E-state index contributed by atoms with van der Waals surface area (Å²) in [6, 6.07) is 15.2. The summed E-state index contributed by atoms with van der Waals surface area (Å²) in [7, 11) is 0. The van der Waals surface area contributed by atoms with Crippen molar-refractivity contribution in [1.82, 2.24) is 0 Å². The summed E-state index contributed by atoms with van der Waals surface area (Å²) in [5.74, 6) is -7.30. The van der Waals surface area contributed by atoms with Gasteiger partial charge in [-0.25, -0.2) is 9.18 Å². The van der Waals surface area contributed by atoms with Crippen LogP contribution in [0.4, 0.5) is 15.8 Å². The van der Waals surface area contributed by atoms with E-state index in [0.717, 1.165) is 17.0 Å². The minimum Gasteiger partial charge on any atom is -0.507 e. The normalized spacial score (nSPS) is 23.6. The number of anilines is 2. The number of carbonyl (C=O) groups excluding carboxylic acids is 4. The lowest BCUT2D eigenvalue weighted by Gasteiger charge is -2.43. The predicted molar refractivity (Wildman–Crippen MR) is 126 cm³/mol. The zero-order chi connectivity index (χ0) is 25.4. The number of nitrogens with zero attached hydrogens (tertiary/aromatic N) is 1. The Balaban J connectivity index is 1.73. The van der Waals surface area contributed by atoms with Gasteiger partial charge < -0.3 is 15.2 Å². The van der Waals surface area contributed by atoms with Crippen molar-refractivity contribution in [3.63, 3.8) is 0 Å². The molecule has 2 amide bonds. The summed E-state index contributed by atoms with van der Waals surface area (Å²) in [6.07, 6.45) is 0. The highest BCUT2D eigenvalue weighted by Crippen LogP contribution is 2.56. The molecule has 36 heavy (non-hydrogen) atoms. The Labute approximate surface area is 207 Å². The van der Waals surface area contributed by atoms with Crippen molar-refractivity contribution in [2.24, 2.45) is 0 Å². The second-order valence-electron chi connectivity index (χ2n) is 8.48. The summed E-state index contributed by atoms with van der Waals surface area (Å²) < 4.78 is 19.9. The third-order valence-electron chi connectivity index (χ3n) is 6.60. The molecule has 0 radical (unpaired) electrons. The quantitative estimate of drug-likeness (QED) is 0.181. The molecule has 3 aliphatic heterocycles. The van der Waals surface area contributed by atoms with Gasteiger partial charge in [0.15, 0.2) is 11.3 Å². The number of hydrogen-bond donors (Lipinski definition) is 2. The minimum absolute atomic E-state index is 0.00983. The molecule has 2 N–H and O–H groups in total. The molecule has 0 spiro atoms. The molecule has 2 unspecified atom stereocenters. The molecule has 1 saturated heterocycles. The Hall–Kier alpha value is -4.50. The predicted octanol–water partition coefficient (Wildman–Crippen LogP) is 3.76. The van der Waals surface area contributed by atoms with E-state index in [1.54, 1.807) is 12.1 Å². The molecule has 3 aliphatic rings. The number of para-hydroxylation sites is 2. The highest BCUT2D eigenvalue weighted by atomic mass is 35.5. The van der Waals surface area contributed by atoms with Crippen molar-refractivity contribution in [3.05, 3.63) is 94.3 Å². The summed E-state index contributed by atoms with van der Waals surface area (Å²) >= 11 is 5.95. The van der Waals surface area contributed by atoms with Gasteiger partial charge in [-0.3, -0.25) is 19.3 Å². The number of ketones is 1. The number of aliphatic hydroxyl groups is 1. The number of nitrogens with one attached hydrogen (secondary N) is 1. The van der Waals surface area contributed by atoms with E-state index in [9.17, 15) is 28.7 Å². The molecule has 178 valence electrons. The van der Waals surface area contributed by atoms with E-state index in [-0.39, 0.29) is 28.3 Å². The Morgan fingerprint density at radius 3 is 2.50 bits per heavy atom. The van der Waals surface area contributed by atoms with Crippen molar-refractivity contribution < 1.29 is 33.4 Å². The highest BCUT2D eigenvalue weighted by molar-refractivity contribution is 6.55. The third-order valence-corrected chi connectivity index (χ3v) is 6.85. The van der Waals surface area contributed by atoms with Crippen LogP contribution in [0.3, 0.4) is 0 Å². The minimum atomic E-state index is -2.45. The fourth-order valence-electron chi connectivity index (χ4n) is 5.13. The van der Waals surface area contributed by atoms with Crippen LogP contribution >= 0.6 is 11.6 Å². The van der Waals surface area contributed by atoms with E-state index in [4.69, 9.17) is 16.3 Å². The van der Waals surface area contributed by atoms with Gasteiger partial charge >= 0.3 is 11.9 Å². The third kappa shape index (κ3) is 2.74. The molecule has 6 rings (SSSR count). The topological polar surface area (TPSA) is 113 Å². The Kier molecular flexibility index (Phi) is 4.58. The van der Waals surface area contributed by atoms with Crippen LogP contribution in [0, 0.1) is 5.82 Å². The number of hydrogen-bond acceptors (Lipinski definition) is 6. The van der Waals surface area contributed by atoms with Gasteiger partial charge in [-0.2, -0.15) is 0 Å². The fraction of sp³-hybridized carbons (Fsp3) is 0.0769. The number of Topliss-reactive ketones (excluding diaryl/α,β-unsaturated/α-hetero) is 1. The molecule has 1 fully saturated rings. The van der Waals surface area contributed by atoms with Crippen molar-refractivity contribution in [3.8, 4) is 5.75 Å². The smallest absolute Gasteiger partial charge is 0.344 e. The van der Waals surface area contributed by atoms with Gasteiger partial charge in [0.1, 0.15) is 17.5 Å². The van der Waals surface area contributed by atoms with Crippen molar-refractivity contribution in [2.45, 2.75) is 11.5 Å². The van der Waals surface area contributed by atoms with Gasteiger partial charge in [0.05, 0.1) is 11.3 Å². The Bertz CT molecular complexity index is 1570. The number of esters is 1. The number of rotatable bonds is 2. The van der Waals surface area contributed by atoms with E-state index in [0.29, 0.717) is 5.02 Å². The fourth-order valence-corrected chi connectivity index (χ4v) is 5.26. The number of carbonyl (C=O) groups is 4. The molecule has 3 aromatic carbocycles. The van der Waals surface area contributed by atoms with Gasteiger partial charge in [-0.1, -0.05) is 23.7 Å². The molecule has 10 heteroatoms. The average Bonchev–Trinajstić information content (AvgIpc) is 3.30. The van der Waals surface area contributed by atoms with Crippen LogP contribution in [0.25, 0.3) is 5.76 Å². The monoisotopic (exact) mass is 504 g/mol. The first-order valence-corrected chi connectivity index (χ1v) is 11.1. The lowest BCUT2D eigenvalue weighted by Crippen LogP contribution is -2.62. The van der Waals surface area contributed by atoms with Gasteiger partial charge in [0.2, 0.25) is 5.91 Å². The number of aliphatic hydroxyl groups excluding tert-OH is 1. The van der Waals surface area contributed by atoms with E-state index >= 15 is 0 Å². The summed E-state index contributed by atoms with van der Waals surface area (Å²) in [6.45, 7) is 0. The number of ether oxygens (including phenoxy) is 1.